The molecule has 0 bridgehead atoms. The second-order valence-corrected chi connectivity index (χ2v) is 7.43. The van der Waals surface area contributed by atoms with Crippen LogP contribution in [-0.2, 0) is 19.6 Å². The molecule has 0 aliphatic heterocycles. The number of methoxy groups -OCH3 is 1. The Bertz CT molecular complexity index is 791. The van der Waals surface area contributed by atoms with Crippen molar-refractivity contribution in [2.75, 3.05) is 7.11 Å². The quantitative estimate of drug-likeness (QED) is 0.629. The van der Waals surface area contributed by atoms with Crippen LogP contribution in [0.4, 0.5) is 0 Å². The monoisotopic (exact) mass is 367 g/mol. The van der Waals surface area contributed by atoms with Gasteiger partial charge in [0.05, 0.1) is 18.0 Å². The van der Waals surface area contributed by atoms with Gasteiger partial charge < -0.3 is 4.74 Å². The molecule has 0 fully saturated rings. The van der Waals surface area contributed by atoms with Crippen LogP contribution in [0.5, 0.6) is 0 Å². The predicted molar refractivity (Wildman–Crippen MR) is 92.3 cm³/mol. The summed E-state index contributed by atoms with van der Waals surface area (Å²) in [6.07, 6.45) is 0. The molecule has 0 amide bonds. The summed E-state index contributed by atoms with van der Waals surface area (Å²) in [6, 6.07) is 14.1. The largest absolute Gasteiger partial charge is 0.468 e. The molecule has 128 valence electrons. The maximum Gasteiger partial charge on any atom is 0.325 e. The average Bonchev–Trinajstić information content (AvgIpc) is 2.59. The zero-order valence-electron chi connectivity index (χ0n) is 13.3. The fourth-order valence-electron chi connectivity index (χ4n) is 2.16. The summed E-state index contributed by atoms with van der Waals surface area (Å²) in [5.41, 5.74) is 1.51. The second kappa shape index (κ2) is 7.79. The lowest BCUT2D eigenvalue weighted by atomic mass is 10.0. The second-order valence-electron chi connectivity index (χ2n) is 5.25. The fraction of sp³-hybridized carbons (Fsp3) is 0.235. The van der Waals surface area contributed by atoms with E-state index in [-0.39, 0.29) is 4.90 Å². The van der Waals surface area contributed by atoms with Gasteiger partial charge in [-0.1, -0.05) is 48.0 Å². The third-order valence-electron chi connectivity index (χ3n) is 3.49. The summed E-state index contributed by atoms with van der Waals surface area (Å²) in [7, 11) is -2.65. The lowest BCUT2D eigenvalue weighted by molar-refractivity contribution is -0.140. The number of alkyl halides is 1. The smallest absolute Gasteiger partial charge is 0.325 e. The maximum absolute atomic E-state index is 12.6. The van der Waals surface area contributed by atoms with E-state index in [1.165, 1.54) is 19.2 Å². The van der Waals surface area contributed by atoms with Crippen LogP contribution in [-0.4, -0.2) is 26.9 Å². The lowest BCUT2D eigenvalue weighted by Crippen LogP contribution is -2.38. The van der Waals surface area contributed by atoms with Crippen molar-refractivity contribution < 1.29 is 17.9 Å². The number of carbonyl (C=O) groups excluding carboxylic acids is 1. The van der Waals surface area contributed by atoms with E-state index < -0.39 is 27.4 Å². The van der Waals surface area contributed by atoms with Crippen molar-refractivity contribution in [1.82, 2.24) is 4.72 Å². The zero-order valence-corrected chi connectivity index (χ0v) is 14.8. The molecule has 0 aromatic heterocycles. The van der Waals surface area contributed by atoms with Crippen molar-refractivity contribution in [1.29, 1.82) is 0 Å². The topological polar surface area (TPSA) is 72.5 Å². The third kappa shape index (κ3) is 4.35. The molecule has 2 atom stereocenters. The van der Waals surface area contributed by atoms with Gasteiger partial charge in [-0.2, -0.15) is 0 Å². The summed E-state index contributed by atoms with van der Waals surface area (Å²) in [5, 5.41) is -1.20. The molecule has 5 nitrogen and oxygen atoms in total. The Morgan fingerprint density at radius 3 is 2.21 bits per heavy atom. The van der Waals surface area contributed by atoms with Gasteiger partial charge in [0.15, 0.2) is 5.38 Å². The van der Waals surface area contributed by atoms with E-state index in [1.807, 2.05) is 6.92 Å². The molecule has 7 heteroatoms. The fourth-order valence-corrected chi connectivity index (χ4v) is 3.77. The maximum atomic E-state index is 12.6. The van der Waals surface area contributed by atoms with Crippen LogP contribution in [0, 0.1) is 6.92 Å². The predicted octanol–water partition coefficient (Wildman–Crippen LogP) is 2.80. The number of ether oxygens (including phenoxy) is 1. The molecular weight excluding hydrogens is 350 g/mol. The Morgan fingerprint density at radius 2 is 1.67 bits per heavy atom. The first-order valence-electron chi connectivity index (χ1n) is 7.21. The molecule has 0 saturated carbocycles. The summed E-state index contributed by atoms with van der Waals surface area (Å²) < 4.78 is 32.4. The zero-order chi connectivity index (χ0) is 17.7. The number of carbonyl (C=O) groups is 1. The summed E-state index contributed by atoms with van der Waals surface area (Å²) >= 11 is 6.15. The minimum absolute atomic E-state index is 0.0998. The molecular formula is C17H18ClNO4S. The minimum atomic E-state index is -3.85. The molecule has 2 aromatic carbocycles. The van der Waals surface area contributed by atoms with Gasteiger partial charge in [-0.15, -0.1) is 11.6 Å². The highest BCUT2D eigenvalue weighted by Crippen LogP contribution is 2.25. The normalized spacial score (nSPS) is 14.0. The summed E-state index contributed by atoms with van der Waals surface area (Å²) in [4.78, 5) is 11.9. The van der Waals surface area contributed by atoms with Crippen LogP contribution in [0.2, 0.25) is 0 Å². The lowest BCUT2D eigenvalue weighted by Gasteiger charge is -2.22. The average molecular weight is 368 g/mol. The Labute approximate surface area is 146 Å². The molecule has 0 heterocycles. The molecule has 24 heavy (non-hydrogen) atoms. The Balaban J connectivity index is 2.37. The van der Waals surface area contributed by atoms with Gasteiger partial charge in [-0.25, -0.2) is 13.1 Å². The van der Waals surface area contributed by atoms with Gasteiger partial charge in [-0.3, -0.25) is 4.79 Å². The molecule has 0 saturated heterocycles. The van der Waals surface area contributed by atoms with Gasteiger partial charge in [0.1, 0.15) is 0 Å². The Morgan fingerprint density at radius 1 is 1.08 bits per heavy atom. The van der Waals surface area contributed by atoms with Gasteiger partial charge in [0, 0.05) is 0 Å². The highest BCUT2D eigenvalue weighted by atomic mass is 35.5. The Kier molecular flexibility index (Phi) is 5.99. The molecule has 2 aromatic rings. The first-order valence-corrected chi connectivity index (χ1v) is 9.13. The standard InChI is InChI=1S/C17H18ClNO4S/c1-12-8-10-14(11-9-12)24(21,22)19-16(15(18)17(20)23-2)13-6-4-3-5-7-13/h3-11,15-16,19H,1-2H3/t15-,16-/m1/s1. The minimum Gasteiger partial charge on any atom is -0.468 e. The molecule has 0 spiro atoms. The van der Waals surface area contributed by atoms with Crippen LogP contribution in [0.15, 0.2) is 59.5 Å². The van der Waals surface area contributed by atoms with Crippen molar-refractivity contribution in [2.24, 2.45) is 0 Å². The van der Waals surface area contributed by atoms with E-state index >= 15 is 0 Å². The first kappa shape index (κ1) is 18.4. The SMILES string of the molecule is COC(=O)[C@H](Cl)[C@H](NS(=O)(=O)c1ccc(C)cc1)c1ccccc1. The van der Waals surface area contributed by atoms with E-state index in [0.29, 0.717) is 5.56 Å². The number of esters is 1. The number of aryl methyl sites for hydroxylation is 1. The van der Waals surface area contributed by atoms with E-state index in [9.17, 15) is 13.2 Å². The van der Waals surface area contributed by atoms with Crippen LogP contribution in [0.25, 0.3) is 0 Å². The van der Waals surface area contributed by atoms with E-state index in [0.717, 1.165) is 5.56 Å². The van der Waals surface area contributed by atoms with E-state index in [2.05, 4.69) is 9.46 Å². The molecule has 2 rings (SSSR count). The van der Waals surface area contributed by atoms with Crippen molar-refractivity contribution in [2.45, 2.75) is 23.2 Å². The molecule has 0 aliphatic rings. The number of benzene rings is 2. The van der Waals surface area contributed by atoms with E-state index in [4.69, 9.17) is 11.6 Å². The summed E-state index contributed by atoms with van der Waals surface area (Å²) in [5.74, 6) is -0.711. The van der Waals surface area contributed by atoms with Crippen LogP contribution in [0.1, 0.15) is 17.2 Å². The van der Waals surface area contributed by atoms with Crippen molar-refractivity contribution >= 4 is 27.6 Å². The van der Waals surface area contributed by atoms with Crippen molar-refractivity contribution in [3.05, 3.63) is 65.7 Å². The molecule has 0 aliphatic carbocycles. The number of halogens is 1. The van der Waals surface area contributed by atoms with Gasteiger partial charge >= 0.3 is 5.97 Å². The number of nitrogens with one attached hydrogen (secondary N) is 1. The molecule has 1 N–H and O–H groups in total. The first-order chi connectivity index (χ1) is 11.3. The van der Waals surface area contributed by atoms with Crippen molar-refractivity contribution in [3.8, 4) is 0 Å². The van der Waals surface area contributed by atoms with Crippen molar-refractivity contribution in [3.63, 3.8) is 0 Å². The van der Waals surface area contributed by atoms with E-state index in [1.54, 1.807) is 42.5 Å². The highest BCUT2D eigenvalue weighted by Gasteiger charge is 2.32. The van der Waals surface area contributed by atoms with Gasteiger partial charge in [0.2, 0.25) is 10.0 Å². The third-order valence-corrected chi connectivity index (χ3v) is 5.38. The van der Waals surface area contributed by atoms with Gasteiger partial charge in [0.25, 0.3) is 0 Å². The number of hydrogen-bond acceptors (Lipinski definition) is 4. The number of hydrogen-bond donors (Lipinski definition) is 1. The van der Waals surface area contributed by atoms with Crippen LogP contribution >= 0.6 is 11.6 Å². The van der Waals surface area contributed by atoms with Crippen LogP contribution < -0.4 is 4.72 Å². The number of rotatable bonds is 6. The Hall–Kier alpha value is -1.89. The van der Waals surface area contributed by atoms with Gasteiger partial charge in [-0.05, 0) is 24.6 Å². The molecule has 0 radical (unpaired) electrons. The molecule has 0 unspecified atom stereocenters. The highest BCUT2D eigenvalue weighted by molar-refractivity contribution is 7.89. The number of sulfonamides is 1. The summed E-state index contributed by atoms with van der Waals surface area (Å²) in [6.45, 7) is 1.86. The van der Waals surface area contributed by atoms with Crippen LogP contribution in [0.3, 0.4) is 0 Å².